The molecule has 0 aromatic rings. The fourth-order valence-corrected chi connectivity index (χ4v) is 1.29. The molecule has 0 rings (SSSR count). The maximum Gasteiger partial charge on any atom is 0.320 e. The van der Waals surface area contributed by atoms with Gasteiger partial charge in [0.05, 0.1) is 19.3 Å². The number of hydrogen-bond acceptors (Lipinski definition) is 5. The van der Waals surface area contributed by atoms with Gasteiger partial charge in [-0.1, -0.05) is 6.92 Å². The minimum absolute atomic E-state index is 0.113. The monoisotopic (exact) mass is 227 g/mol. The highest BCUT2D eigenvalue weighted by Gasteiger charge is 2.34. The Morgan fingerprint density at radius 3 is 1.94 bits per heavy atom. The van der Waals surface area contributed by atoms with Crippen molar-refractivity contribution < 1.29 is 19.1 Å². The summed E-state index contributed by atoms with van der Waals surface area (Å²) in [4.78, 5) is 23.1. The summed E-state index contributed by atoms with van der Waals surface area (Å²) in [6, 6.07) is 1.93. The van der Waals surface area contributed by atoms with Crippen molar-refractivity contribution in [2.45, 2.75) is 27.2 Å². The molecule has 5 heteroatoms. The second kappa shape index (κ2) is 7.69. The van der Waals surface area contributed by atoms with E-state index in [4.69, 9.17) is 14.7 Å². The van der Waals surface area contributed by atoms with Gasteiger partial charge in [-0.15, -0.1) is 0 Å². The first kappa shape index (κ1) is 14.4. The van der Waals surface area contributed by atoms with Crippen LogP contribution in [0.5, 0.6) is 0 Å². The summed E-state index contributed by atoms with van der Waals surface area (Å²) in [6.45, 7) is 5.38. The van der Waals surface area contributed by atoms with Crippen LogP contribution in [0.25, 0.3) is 0 Å². The first-order valence-electron chi connectivity index (χ1n) is 5.28. The molecule has 0 spiro atoms. The molecule has 1 unspecified atom stereocenters. The van der Waals surface area contributed by atoms with E-state index in [0.717, 1.165) is 0 Å². The second-order valence-corrected chi connectivity index (χ2v) is 3.32. The van der Waals surface area contributed by atoms with Gasteiger partial charge in [-0.05, 0) is 19.8 Å². The van der Waals surface area contributed by atoms with Crippen LogP contribution < -0.4 is 0 Å². The van der Waals surface area contributed by atoms with Gasteiger partial charge in [0, 0.05) is 6.42 Å². The van der Waals surface area contributed by atoms with Gasteiger partial charge in [0.25, 0.3) is 0 Å². The van der Waals surface area contributed by atoms with Crippen LogP contribution in [0.3, 0.4) is 0 Å². The van der Waals surface area contributed by atoms with Gasteiger partial charge in [0.15, 0.2) is 5.92 Å². The summed E-state index contributed by atoms with van der Waals surface area (Å²) in [5.41, 5.74) is 0. The molecular formula is C11H17NO4. The first-order valence-corrected chi connectivity index (χ1v) is 5.28. The average Bonchev–Trinajstić information content (AvgIpc) is 2.19. The normalized spacial score (nSPS) is 11.7. The number of hydrogen-bond donors (Lipinski definition) is 0. The highest BCUT2D eigenvalue weighted by atomic mass is 16.6. The lowest BCUT2D eigenvalue weighted by Crippen LogP contribution is -2.33. The van der Waals surface area contributed by atoms with Gasteiger partial charge in [-0.25, -0.2) is 0 Å². The van der Waals surface area contributed by atoms with Gasteiger partial charge in [-0.2, -0.15) is 5.26 Å². The lowest BCUT2D eigenvalue weighted by molar-refractivity contribution is -0.164. The summed E-state index contributed by atoms with van der Waals surface area (Å²) in [5, 5.41) is 8.55. The molecule has 0 aliphatic carbocycles. The fourth-order valence-electron chi connectivity index (χ4n) is 1.29. The van der Waals surface area contributed by atoms with Crippen LogP contribution in [0.2, 0.25) is 0 Å². The molecule has 0 aliphatic rings. The number of ether oxygens (including phenoxy) is 2. The highest BCUT2D eigenvalue weighted by molar-refractivity contribution is 5.95. The lowest BCUT2D eigenvalue weighted by atomic mass is 9.92. The predicted octanol–water partition coefficient (Wildman–Crippen LogP) is 1.28. The standard InChI is InChI=1S/C11H17NO4/c1-4-15-10(13)9(8(3)6-7-12)11(14)16-5-2/h8-9H,4-6H2,1-3H3. The molecule has 0 aromatic carbocycles. The van der Waals surface area contributed by atoms with Crippen molar-refractivity contribution in [3.8, 4) is 6.07 Å². The Morgan fingerprint density at radius 1 is 1.19 bits per heavy atom. The van der Waals surface area contributed by atoms with E-state index in [-0.39, 0.29) is 19.6 Å². The minimum atomic E-state index is -1.00. The lowest BCUT2D eigenvalue weighted by Gasteiger charge is -2.18. The smallest absolute Gasteiger partial charge is 0.320 e. The molecule has 16 heavy (non-hydrogen) atoms. The topological polar surface area (TPSA) is 76.4 Å². The number of rotatable bonds is 6. The Balaban J connectivity index is 4.69. The molecule has 0 aliphatic heterocycles. The number of carbonyl (C=O) groups excluding carboxylic acids is 2. The van der Waals surface area contributed by atoms with Crippen molar-refractivity contribution in [2.75, 3.05) is 13.2 Å². The zero-order valence-corrected chi connectivity index (χ0v) is 9.86. The maximum atomic E-state index is 11.5. The van der Waals surface area contributed by atoms with E-state index >= 15 is 0 Å². The van der Waals surface area contributed by atoms with Crippen molar-refractivity contribution in [1.82, 2.24) is 0 Å². The Bertz CT molecular complexity index is 264. The van der Waals surface area contributed by atoms with Crippen LogP contribution in [0.1, 0.15) is 27.2 Å². The third-order valence-electron chi connectivity index (χ3n) is 2.06. The summed E-state index contributed by atoms with van der Waals surface area (Å²) < 4.78 is 9.58. The Hall–Kier alpha value is -1.57. The van der Waals surface area contributed by atoms with E-state index < -0.39 is 23.8 Å². The third kappa shape index (κ3) is 4.30. The highest BCUT2D eigenvalue weighted by Crippen LogP contribution is 2.18. The van der Waals surface area contributed by atoms with Crippen LogP contribution in [-0.2, 0) is 19.1 Å². The third-order valence-corrected chi connectivity index (χ3v) is 2.06. The Morgan fingerprint density at radius 2 is 1.62 bits per heavy atom. The van der Waals surface area contributed by atoms with Gasteiger partial charge >= 0.3 is 11.9 Å². The SMILES string of the molecule is CCOC(=O)C(C(=O)OCC)C(C)CC#N. The molecule has 0 saturated heterocycles. The molecule has 90 valence electrons. The fraction of sp³-hybridized carbons (Fsp3) is 0.727. The van der Waals surface area contributed by atoms with E-state index in [1.165, 1.54) is 0 Å². The molecular weight excluding hydrogens is 210 g/mol. The molecule has 0 aromatic heterocycles. The molecule has 5 nitrogen and oxygen atoms in total. The predicted molar refractivity (Wildman–Crippen MR) is 56.2 cm³/mol. The van der Waals surface area contributed by atoms with E-state index in [1.54, 1.807) is 20.8 Å². The van der Waals surface area contributed by atoms with Crippen LogP contribution in [0.15, 0.2) is 0 Å². The molecule has 0 heterocycles. The number of carbonyl (C=O) groups is 2. The van der Waals surface area contributed by atoms with Crippen molar-refractivity contribution in [2.24, 2.45) is 11.8 Å². The first-order chi connectivity index (χ1) is 7.58. The van der Waals surface area contributed by atoms with Gasteiger partial charge in [0.1, 0.15) is 0 Å². The average molecular weight is 227 g/mol. The summed E-state index contributed by atoms with van der Waals surface area (Å²) in [7, 11) is 0. The van der Waals surface area contributed by atoms with Crippen LogP contribution in [0.4, 0.5) is 0 Å². The molecule has 0 bridgehead atoms. The van der Waals surface area contributed by atoms with E-state index in [9.17, 15) is 9.59 Å². The van der Waals surface area contributed by atoms with Gasteiger partial charge in [0.2, 0.25) is 0 Å². The minimum Gasteiger partial charge on any atom is -0.465 e. The Labute approximate surface area is 95.3 Å². The molecule has 0 saturated carbocycles. The quantitative estimate of drug-likeness (QED) is 0.504. The van der Waals surface area contributed by atoms with Crippen molar-refractivity contribution >= 4 is 11.9 Å². The maximum absolute atomic E-state index is 11.5. The molecule has 0 amide bonds. The van der Waals surface area contributed by atoms with Crippen molar-refractivity contribution in [3.63, 3.8) is 0 Å². The summed E-state index contributed by atoms with van der Waals surface area (Å²) >= 11 is 0. The number of nitriles is 1. The van der Waals surface area contributed by atoms with Crippen LogP contribution in [0, 0.1) is 23.2 Å². The zero-order chi connectivity index (χ0) is 12.6. The number of nitrogens with zero attached hydrogens (tertiary/aromatic N) is 1. The zero-order valence-electron chi connectivity index (χ0n) is 9.86. The van der Waals surface area contributed by atoms with Crippen molar-refractivity contribution in [1.29, 1.82) is 5.26 Å². The van der Waals surface area contributed by atoms with Crippen molar-refractivity contribution in [3.05, 3.63) is 0 Å². The van der Waals surface area contributed by atoms with E-state index in [0.29, 0.717) is 0 Å². The molecule has 1 atom stereocenters. The van der Waals surface area contributed by atoms with Crippen LogP contribution >= 0.6 is 0 Å². The van der Waals surface area contributed by atoms with Crippen LogP contribution in [-0.4, -0.2) is 25.2 Å². The largest absolute Gasteiger partial charge is 0.465 e. The van der Waals surface area contributed by atoms with Gasteiger partial charge in [-0.3, -0.25) is 9.59 Å². The number of esters is 2. The van der Waals surface area contributed by atoms with E-state index in [2.05, 4.69) is 0 Å². The van der Waals surface area contributed by atoms with Gasteiger partial charge < -0.3 is 9.47 Å². The molecule has 0 N–H and O–H groups in total. The summed E-state index contributed by atoms with van der Waals surface area (Å²) in [5.74, 6) is -2.64. The molecule has 0 fully saturated rings. The summed E-state index contributed by atoms with van der Waals surface area (Å²) in [6.07, 6.45) is 0.113. The molecule has 0 radical (unpaired) electrons. The van der Waals surface area contributed by atoms with E-state index in [1.807, 2.05) is 6.07 Å². The second-order valence-electron chi connectivity index (χ2n) is 3.32. The Kier molecular flexibility index (Phi) is 6.93.